The predicted octanol–water partition coefficient (Wildman–Crippen LogP) is 1.49. The van der Waals surface area contributed by atoms with Gasteiger partial charge in [-0.25, -0.2) is 4.68 Å². The number of nitrogens with one attached hydrogen (secondary N) is 1. The van der Waals surface area contributed by atoms with Gasteiger partial charge in [-0.2, -0.15) is 0 Å². The highest BCUT2D eigenvalue weighted by Gasteiger charge is 2.33. The quantitative estimate of drug-likeness (QED) is 0.556. The number of amides is 2. The van der Waals surface area contributed by atoms with Crippen LogP contribution in [0, 0.1) is 0 Å². The second kappa shape index (κ2) is 9.99. The molecule has 4 rings (SSSR count). The standard InChI is InChI=1S/C22H24ClN7O2/c23-17-8-9-19(30-14-25-27-28-30)16(12-17)13-29-10-4-7-20(29)22(32)26-21(31)18(24)11-15-5-2-1-3-6-15/h1-3,5-6,8-9,12,14,18,20H,4,7,10-11,13,24H2,(H,26,31,32)/t18-,20-/m0/s1. The molecule has 1 saturated heterocycles. The van der Waals surface area contributed by atoms with Crippen molar-refractivity contribution < 1.29 is 9.59 Å². The molecule has 0 bridgehead atoms. The van der Waals surface area contributed by atoms with E-state index in [4.69, 9.17) is 17.3 Å². The van der Waals surface area contributed by atoms with Gasteiger partial charge >= 0.3 is 0 Å². The van der Waals surface area contributed by atoms with E-state index in [1.807, 2.05) is 47.4 Å². The van der Waals surface area contributed by atoms with Gasteiger partial charge in [0.1, 0.15) is 6.33 Å². The molecule has 1 aliphatic heterocycles. The maximum atomic E-state index is 12.9. The van der Waals surface area contributed by atoms with Crippen LogP contribution in [-0.4, -0.2) is 55.5 Å². The fourth-order valence-corrected chi connectivity index (χ4v) is 4.16. The second-order valence-electron chi connectivity index (χ2n) is 7.81. The number of benzene rings is 2. The van der Waals surface area contributed by atoms with Crippen molar-refractivity contribution in [1.29, 1.82) is 0 Å². The highest BCUT2D eigenvalue weighted by Crippen LogP contribution is 2.25. The molecule has 0 unspecified atom stereocenters. The Morgan fingerprint density at radius 1 is 1.22 bits per heavy atom. The Labute approximate surface area is 190 Å². The average Bonchev–Trinajstić information content (AvgIpc) is 3.47. The number of hydrogen-bond donors (Lipinski definition) is 2. The van der Waals surface area contributed by atoms with Crippen molar-refractivity contribution in [3.05, 3.63) is 71.0 Å². The molecule has 0 saturated carbocycles. The molecule has 0 spiro atoms. The highest BCUT2D eigenvalue weighted by atomic mass is 35.5. The number of nitrogens with zero attached hydrogens (tertiary/aromatic N) is 5. The van der Waals surface area contributed by atoms with Crippen LogP contribution in [0.2, 0.25) is 5.02 Å². The molecule has 1 aromatic heterocycles. The predicted molar refractivity (Wildman–Crippen MR) is 119 cm³/mol. The molecule has 0 aliphatic carbocycles. The van der Waals surface area contributed by atoms with Crippen LogP contribution < -0.4 is 11.1 Å². The van der Waals surface area contributed by atoms with Crippen LogP contribution in [0.3, 0.4) is 0 Å². The van der Waals surface area contributed by atoms with Gasteiger partial charge in [0, 0.05) is 11.6 Å². The first kappa shape index (κ1) is 22.1. The molecule has 32 heavy (non-hydrogen) atoms. The zero-order valence-corrected chi connectivity index (χ0v) is 18.2. The lowest BCUT2D eigenvalue weighted by molar-refractivity contribution is -0.133. The summed E-state index contributed by atoms with van der Waals surface area (Å²) in [6.45, 7) is 1.20. The van der Waals surface area contributed by atoms with Crippen LogP contribution in [0.4, 0.5) is 0 Å². The number of hydrogen-bond acceptors (Lipinski definition) is 7. The molecule has 2 heterocycles. The summed E-state index contributed by atoms with van der Waals surface area (Å²) >= 11 is 6.22. The van der Waals surface area contributed by atoms with Crippen molar-refractivity contribution >= 4 is 23.4 Å². The minimum atomic E-state index is -0.796. The Hall–Kier alpha value is -3.14. The number of halogens is 1. The molecule has 1 fully saturated rings. The normalized spacial score (nSPS) is 17.2. The largest absolute Gasteiger partial charge is 0.320 e. The van der Waals surface area contributed by atoms with Crippen molar-refractivity contribution in [2.24, 2.45) is 5.73 Å². The summed E-state index contributed by atoms with van der Waals surface area (Å²) in [7, 11) is 0. The summed E-state index contributed by atoms with van der Waals surface area (Å²) in [6, 6.07) is 13.7. The summed E-state index contributed by atoms with van der Waals surface area (Å²) in [5, 5.41) is 14.4. The van der Waals surface area contributed by atoms with Gasteiger partial charge in [-0.3, -0.25) is 19.8 Å². The van der Waals surface area contributed by atoms with Gasteiger partial charge in [0.05, 0.1) is 17.8 Å². The van der Waals surface area contributed by atoms with E-state index in [1.165, 1.54) is 6.33 Å². The first-order chi connectivity index (χ1) is 15.5. The Kier molecular flexibility index (Phi) is 6.89. The number of likely N-dealkylation sites (tertiary alicyclic amines) is 1. The first-order valence-electron chi connectivity index (χ1n) is 10.4. The third kappa shape index (κ3) is 5.18. The second-order valence-corrected chi connectivity index (χ2v) is 8.24. The summed E-state index contributed by atoms with van der Waals surface area (Å²) in [5.41, 5.74) is 8.65. The first-order valence-corrected chi connectivity index (χ1v) is 10.8. The zero-order chi connectivity index (χ0) is 22.5. The number of carbonyl (C=O) groups is 2. The lowest BCUT2D eigenvalue weighted by Gasteiger charge is -2.25. The Bertz CT molecular complexity index is 1080. The van der Waals surface area contributed by atoms with E-state index in [-0.39, 0.29) is 5.91 Å². The molecule has 0 radical (unpaired) electrons. The van der Waals surface area contributed by atoms with Gasteiger partial charge in [-0.1, -0.05) is 41.9 Å². The molecule has 2 atom stereocenters. The van der Waals surface area contributed by atoms with Gasteiger partial charge in [0.2, 0.25) is 11.8 Å². The van der Waals surface area contributed by atoms with Crippen molar-refractivity contribution in [3.63, 3.8) is 0 Å². The molecular formula is C22H24ClN7O2. The van der Waals surface area contributed by atoms with E-state index in [0.717, 1.165) is 29.8 Å². The van der Waals surface area contributed by atoms with E-state index in [1.54, 1.807) is 10.7 Å². The lowest BCUT2D eigenvalue weighted by atomic mass is 10.1. The number of imide groups is 1. The average molecular weight is 454 g/mol. The van der Waals surface area contributed by atoms with Crippen LogP contribution >= 0.6 is 11.6 Å². The van der Waals surface area contributed by atoms with Gasteiger partial charge in [-0.15, -0.1) is 5.10 Å². The third-order valence-corrected chi connectivity index (χ3v) is 5.79. The van der Waals surface area contributed by atoms with E-state index < -0.39 is 18.0 Å². The molecular weight excluding hydrogens is 430 g/mol. The fraction of sp³-hybridized carbons (Fsp3) is 0.318. The Morgan fingerprint density at radius 2 is 2.03 bits per heavy atom. The number of carbonyl (C=O) groups excluding carboxylic acids is 2. The molecule has 1 aliphatic rings. The fourth-order valence-electron chi connectivity index (χ4n) is 3.97. The zero-order valence-electron chi connectivity index (χ0n) is 17.4. The molecule has 166 valence electrons. The van der Waals surface area contributed by atoms with E-state index in [2.05, 4.69) is 20.8 Å². The van der Waals surface area contributed by atoms with Gasteiger partial charge in [0.25, 0.3) is 0 Å². The Morgan fingerprint density at radius 3 is 2.78 bits per heavy atom. The van der Waals surface area contributed by atoms with Crippen molar-refractivity contribution in [2.45, 2.75) is 37.9 Å². The topological polar surface area (TPSA) is 119 Å². The van der Waals surface area contributed by atoms with Crippen LogP contribution in [0.1, 0.15) is 24.0 Å². The number of tetrazole rings is 1. The Balaban J connectivity index is 1.42. The van der Waals surface area contributed by atoms with Crippen molar-refractivity contribution in [1.82, 2.24) is 30.4 Å². The SMILES string of the molecule is N[C@@H](Cc1ccccc1)C(=O)NC(=O)[C@@H]1CCCN1Cc1cc(Cl)ccc1-n1cnnn1. The summed E-state index contributed by atoms with van der Waals surface area (Å²) in [6.07, 6.45) is 3.39. The van der Waals surface area contributed by atoms with Gasteiger partial charge < -0.3 is 5.73 Å². The highest BCUT2D eigenvalue weighted by molar-refractivity contribution is 6.30. The molecule has 2 amide bonds. The maximum absolute atomic E-state index is 12.9. The number of rotatable bonds is 7. The number of aromatic nitrogens is 4. The lowest BCUT2D eigenvalue weighted by Crippen LogP contribution is -2.50. The summed E-state index contributed by atoms with van der Waals surface area (Å²) in [5.74, 6) is -0.801. The molecule has 3 N–H and O–H groups in total. The van der Waals surface area contributed by atoms with Crippen LogP contribution in [0.25, 0.3) is 5.69 Å². The summed E-state index contributed by atoms with van der Waals surface area (Å²) in [4.78, 5) is 27.4. The molecule has 10 heteroatoms. The summed E-state index contributed by atoms with van der Waals surface area (Å²) < 4.78 is 1.56. The van der Waals surface area contributed by atoms with E-state index in [9.17, 15) is 9.59 Å². The monoisotopic (exact) mass is 453 g/mol. The van der Waals surface area contributed by atoms with Crippen LogP contribution in [0.5, 0.6) is 0 Å². The van der Waals surface area contributed by atoms with Crippen LogP contribution in [-0.2, 0) is 22.6 Å². The van der Waals surface area contributed by atoms with Crippen LogP contribution in [0.15, 0.2) is 54.9 Å². The van der Waals surface area contributed by atoms with Crippen molar-refractivity contribution in [2.75, 3.05) is 6.54 Å². The molecule has 2 aromatic carbocycles. The van der Waals surface area contributed by atoms with E-state index in [0.29, 0.717) is 24.4 Å². The van der Waals surface area contributed by atoms with Crippen molar-refractivity contribution in [3.8, 4) is 5.69 Å². The van der Waals surface area contributed by atoms with E-state index >= 15 is 0 Å². The third-order valence-electron chi connectivity index (χ3n) is 5.56. The maximum Gasteiger partial charge on any atom is 0.243 e. The minimum absolute atomic E-state index is 0.331. The van der Waals surface area contributed by atoms with Gasteiger partial charge in [0.15, 0.2) is 0 Å². The van der Waals surface area contributed by atoms with Gasteiger partial charge in [-0.05, 0) is 65.6 Å². The number of nitrogens with two attached hydrogens (primary N) is 1. The smallest absolute Gasteiger partial charge is 0.243 e. The molecule has 3 aromatic rings. The molecule has 9 nitrogen and oxygen atoms in total. The minimum Gasteiger partial charge on any atom is -0.320 e.